The number of fused-ring (bicyclic) bond motifs is 1. The number of nitrogens with one attached hydrogen (secondary N) is 2. The van der Waals surface area contributed by atoms with E-state index < -0.39 is 0 Å². The monoisotopic (exact) mass is 384 g/mol. The molecule has 4 rings (SSSR count). The van der Waals surface area contributed by atoms with Gasteiger partial charge in [-0.25, -0.2) is 0 Å². The second-order valence-corrected chi connectivity index (χ2v) is 8.29. The molecule has 1 aliphatic carbocycles. The fraction of sp³-hybridized carbons (Fsp3) is 0.478. The van der Waals surface area contributed by atoms with Crippen LogP contribution in [0.3, 0.4) is 0 Å². The second kappa shape index (κ2) is 8.64. The summed E-state index contributed by atoms with van der Waals surface area (Å²) in [6.07, 6.45) is 5.33. The lowest BCUT2D eigenvalue weighted by Crippen LogP contribution is -2.45. The van der Waals surface area contributed by atoms with Crippen molar-refractivity contribution in [2.45, 2.75) is 44.3 Å². The minimum atomic E-state index is 0.337. The van der Waals surface area contributed by atoms with Crippen molar-refractivity contribution in [2.24, 2.45) is 11.8 Å². The molecule has 2 aromatic rings. The van der Waals surface area contributed by atoms with Crippen LogP contribution >= 0.6 is 11.6 Å². The number of rotatable bonds is 5. The Kier molecular flexibility index (Phi) is 6.01. The summed E-state index contributed by atoms with van der Waals surface area (Å²) in [4.78, 5) is 0. The van der Waals surface area contributed by atoms with Gasteiger partial charge in [0, 0.05) is 29.2 Å². The molecule has 4 heteroatoms. The van der Waals surface area contributed by atoms with Gasteiger partial charge in [-0.05, 0) is 55.0 Å². The Balaban J connectivity index is 1.60. The van der Waals surface area contributed by atoms with Gasteiger partial charge in [-0.2, -0.15) is 0 Å². The molecule has 0 bridgehead atoms. The van der Waals surface area contributed by atoms with E-state index in [0.29, 0.717) is 12.1 Å². The average molecular weight is 385 g/mol. The number of hydrogen-bond acceptors (Lipinski definition) is 3. The van der Waals surface area contributed by atoms with Crippen LogP contribution in [-0.4, -0.2) is 19.7 Å². The van der Waals surface area contributed by atoms with Crippen LogP contribution < -0.4 is 15.4 Å². The Morgan fingerprint density at radius 2 is 1.96 bits per heavy atom. The maximum absolute atomic E-state index is 6.24. The average Bonchev–Trinajstić information content (AvgIpc) is 3.09. The summed E-state index contributed by atoms with van der Waals surface area (Å²) in [5.41, 5.74) is 2.50. The van der Waals surface area contributed by atoms with E-state index in [-0.39, 0.29) is 0 Å². The van der Waals surface area contributed by atoms with Gasteiger partial charge in [0.25, 0.3) is 0 Å². The minimum Gasteiger partial charge on any atom is -0.496 e. The van der Waals surface area contributed by atoms with Gasteiger partial charge in [-0.3, -0.25) is 0 Å². The van der Waals surface area contributed by atoms with Crippen LogP contribution in [0.15, 0.2) is 48.5 Å². The smallest absolute Gasteiger partial charge is 0.123 e. The third-order valence-corrected chi connectivity index (χ3v) is 6.58. The van der Waals surface area contributed by atoms with Crippen LogP contribution in [0.4, 0.5) is 0 Å². The van der Waals surface area contributed by atoms with Crippen LogP contribution in [0.25, 0.3) is 0 Å². The molecule has 2 N–H and O–H groups in total. The summed E-state index contributed by atoms with van der Waals surface area (Å²) in [6.45, 7) is 1.86. The largest absolute Gasteiger partial charge is 0.496 e. The van der Waals surface area contributed by atoms with Gasteiger partial charge in [-0.1, -0.05) is 54.8 Å². The Hall–Kier alpha value is -1.55. The van der Waals surface area contributed by atoms with Crippen molar-refractivity contribution in [1.29, 1.82) is 0 Å². The van der Waals surface area contributed by atoms with Gasteiger partial charge in [-0.15, -0.1) is 0 Å². The summed E-state index contributed by atoms with van der Waals surface area (Å²) >= 11 is 6.24. The molecule has 3 nitrogen and oxygen atoms in total. The summed E-state index contributed by atoms with van der Waals surface area (Å²) in [7, 11) is 1.72. The van der Waals surface area contributed by atoms with Gasteiger partial charge in [0.1, 0.15) is 5.75 Å². The van der Waals surface area contributed by atoms with E-state index in [0.717, 1.165) is 41.3 Å². The molecule has 2 aromatic carbocycles. The molecule has 2 fully saturated rings. The number of methoxy groups -OCH3 is 1. The minimum absolute atomic E-state index is 0.337. The molecule has 0 amide bonds. The third-order valence-electron chi connectivity index (χ3n) is 6.35. The van der Waals surface area contributed by atoms with Crippen LogP contribution in [0.5, 0.6) is 5.75 Å². The second-order valence-electron chi connectivity index (χ2n) is 7.85. The van der Waals surface area contributed by atoms with Crippen molar-refractivity contribution in [2.75, 3.05) is 13.7 Å². The maximum atomic E-state index is 6.24. The molecule has 1 saturated carbocycles. The lowest BCUT2D eigenvalue weighted by atomic mass is 9.83. The third kappa shape index (κ3) is 4.16. The zero-order valence-electron chi connectivity index (χ0n) is 16.0. The predicted molar refractivity (Wildman–Crippen MR) is 111 cm³/mol. The summed E-state index contributed by atoms with van der Waals surface area (Å²) in [5.74, 6) is 2.44. The Bertz CT molecular complexity index is 751. The van der Waals surface area contributed by atoms with E-state index in [9.17, 15) is 0 Å². The maximum Gasteiger partial charge on any atom is 0.123 e. The molecule has 144 valence electrons. The van der Waals surface area contributed by atoms with Gasteiger partial charge in [0.05, 0.1) is 7.11 Å². The standard InChI is InChI=1S/C23H29ClN2O/c1-27-21-11-10-19(24)14-18(21)15-26-23-20-9-5-8-16(20)12-13-25-22(23)17-6-3-2-4-7-17/h2-4,6-7,10-11,14,16,20,22-23,25-26H,5,8-9,12-13,15H2,1H3. The van der Waals surface area contributed by atoms with Crippen molar-refractivity contribution in [1.82, 2.24) is 10.6 Å². The summed E-state index contributed by atoms with van der Waals surface area (Å²) in [6, 6.07) is 17.5. The fourth-order valence-electron chi connectivity index (χ4n) is 5.06. The normalized spacial score (nSPS) is 27.8. The SMILES string of the molecule is COc1ccc(Cl)cc1CNC1C(c2ccccc2)NCCC2CCCC21. The first-order chi connectivity index (χ1) is 13.3. The number of ether oxygens (including phenoxy) is 1. The molecule has 1 heterocycles. The van der Waals surface area contributed by atoms with Crippen molar-refractivity contribution >= 4 is 11.6 Å². The highest BCUT2D eigenvalue weighted by Gasteiger charge is 2.39. The molecule has 2 aliphatic rings. The van der Waals surface area contributed by atoms with Crippen LogP contribution in [0.1, 0.15) is 42.9 Å². The van der Waals surface area contributed by atoms with Crippen molar-refractivity contribution in [3.05, 3.63) is 64.7 Å². The van der Waals surface area contributed by atoms with Crippen molar-refractivity contribution in [3.63, 3.8) is 0 Å². The van der Waals surface area contributed by atoms with Gasteiger partial charge in [0.2, 0.25) is 0 Å². The van der Waals surface area contributed by atoms with E-state index in [4.69, 9.17) is 16.3 Å². The molecule has 27 heavy (non-hydrogen) atoms. The molecule has 4 unspecified atom stereocenters. The Labute approximate surface area is 167 Å². The lowest BCUT2D eigenvalue weighted by molar-refractivity contribution is 0.257. The van der Waals surface area contributed by atoms with E-state index in [1.165, 1.54) is 31.2 Å². The fourth-order valence-corrected chi connectivity index (χ4v) is 5.26. The molecule has 1 saturated heterocycles. The molecule has 0 radical (unpaired) electrons. The zero-order chi connectivity index (χ0) is 18.6. The van der Waals surface area contributed by atoms with E-state index in [2.05, 4.69) is 41.0 Å². The van der Waals surface area contributed by atoms with Crippen LogP contribution in [-0.2, 0) is 6.54 Å². The van der Waals surface area contributed by atoms with Crippen molar-refractivity contribution < 1.29 is 4.74 Å². The molecule has 0 aromatic heterocycles. The molecular weight excluding hydrogens is 356 g/mol. The predicted octanol–water partition coefficient (Wildman–Crippen LogP) is 4.96. The van der Waals surface area contributed by atoms with Gasteiger partial charge >= 0.3 is 0 Å². The van der Waals surface area contributed by atoms with E-state index >= 15 is 0 Å². The first kappa shape index (κ1) is 18.8. The Morgan fingerprint density at radius 1 is 1.11 bits per heavy atom. The van der Waals surface area contributed by atoms with Crippen LogP contribution in [0, 0.1) is 11.8 Å². The summed E-state index contributed by atoms with van der Waals surface area (Å²) in [5, 5.41) is 8.49. The highest BCUT2D eigenvalue weighted by Crippen LogP contribution is 2.42. The summed E-state index contributed by atoms with van der Waals surface area (Å²) < 4.78 is 5.55. The number of benzene rings is 2. The van der Waals surface area contributed by atoms with E-state index in [1.807, 2.05) is 18.2 Å². The number of halogens is 1. The van der Waals surface area contributed by atoms with E-state index in [1.54, 1.807) is 7.11 Å². The Morgan fingerprint density at radius 3 is 2.78 bits per heavy atom. The van der Waals surface area contributed by atoms with Crippen LogP contribution in [0.2, 0.25) is 5.02 Å². The zero-order valence-corrected chi connectivity index (χ0v) is 16.7. The molecule has 0 spiro atoms. The first-order valence-corrected chi connectivity index (χ1v) is 10.5. The lowest BCUT2D eigenvalue weighted by Gasteiger charge is -2.33. The molecule has 4 atom stereocenters. The van der Waals surface area contributed by atoms with Gasteiger partial charge in [0.15, 0.2) is 0 Å². The molecule has 1 aliphatic heterocycles. The topological polar surface area (TPSA) is 33.3 Å². The van der Waals surface area contributed by atoms with Gasteiger partial charge < -0.3 is 15.4 Å². The highest BCUT2D eigenvalue weighted by atomic mass is 35.5. The highest BCUT2D eigenvalue weighted by molar-refractivity contribution is 6.30. The first-order valence-electron chi connectivity index (χ1n) is 10.1. The molecular formula is C23H29ClN2O. The quantitative estimate of drug-likeness (QED) is 0.764. The number of hydrogen-bond donors (Lipinski definition) is 2. The van der Waals surface area contributed by atoms with Crippen molar-refractivity contribution in [3.8, 4) is 5.75 Å².